The highest BCUT2D eigenvalue weighted by Gasteiger charge is 2.30. The lowest BCUT2D eigenvalue weighted by Crippen LogP contribution is -2.34. The third-order valence-electron chi connectivity index (χ3n) is 4.63. The van der Waals surface area contributed by atoms with Crippen molar-refractivity contribution in [2.75, 3.05) is 16.8 Å². The van der Waals surface area contributed by atoms with Crippen LogP contribution in [0.5, 0.6) is 0 Å². The van der Waals surface area contributed by atoms with Crippen molar-refractivity contribution in [3.63, 3.8) is 0 Å². The van der Waals surface area contributed by atoms with E-state index in [1.54, 1.807) is 23.1 Å². The monoisotopic (exact) mass is 356 g/mol. The summed E-state index contributed by atoms with van der Waals surface area (Å²) in [7, 11) is 0. The molecule has 2 aromatic carbocycles. The molecule has 0 spiro atoms. The van der Waals surface area contributed by atoms with Crippen LogP contribution in [0, 0.1) is 0 Å². The van der Waals surface area contributed by atoms with Crippen molar-refractivity contribution in [2.45, 2.75) is 32.1 Å². The van der Waals surface area contributed by atoms with Crippen molar-refractivity contribution in [2.24, 2.45) is 0 Å². The number of halogens is 1. The SMILES string of the molecule is CC(C)(C(=O)Nc1ccc(N2CCCC2=O)c(Cl)c1)c1ccccc1. The van der Waals surface area contributed by atoms with E-state index in [0.717, 1.165) is 12.0 Å². The Morgan fingerprint density at radius 1 is 1.16 bits per heavy atom. The van der Waals surface area contributed by atoms with Crippen molar-refractivity contribution in [1.29, 1.82) is 0 Å². The number of hydrogen-bond donors (Lipinski definition) is 1. The summed E-state index contributed by atoms with van der Waals surface area (Å²) in [6, 6.07) is 14.9. The molecule has 1 N–H and O–H groups in total. The Morgan fingerprint density at radius 3 is 2.48 bits per heavy atom. The highest BCUT2D eigenvalue weighted by Crippen LogP contribution is 2.32. The average molecular weight is 357 g/mol. The second-order valence-electron chi connectivity index (χ2n) is 6.76. The highest BCUT2D eigenvalue weighted by atomic mass is 35.5. The standard InChI is InChI=1S/C20H21ClN2O2/c1-20(2,14-7-4-3-5-8-14)19(25)22-15-10-11-17(16(21)13-15)23-12-6-9-18(23)24/h3-5,7-8,10-11,13H,6,9,12H2,1-2H3,(H,22,25). The van der Waals surface area contributed by atoms with E-state index in [9.17, 15) is 9.59 Å². The number of nitrogens with one attached hydrogen (secondary N) is 1. The fourth-order valence-corrected chi connectivity index (χ4v) is 3.26. The molecule has 0 bridgehead atoms. The fourth-order valence-electron chi connectivity index (χ4n) is 2.98. The predicted molar refractivity (Wildman–Crippen MR) is 101 cm³/mol. The zero-order valence-corrected chi connectivity index (χ0v) is 15.1. The Labute approximate surface area is 152 Å². The van der Waals surface area contributed by atoms with Crippen LogP contribution in [-0.2, 0) is 15.0 Å². The van der Waals surface area contributed by atoms with Crippen LogP contribution >= 0.6 is 11.6 Å². The molecule has 1 aliphatic rings. The van der Waals surface area contributed by atoms with E-state index in [2.05, 4.69) is 5.32 Å². The van der Waals surface area contributed by atoms with Crippen LogP contribution in [-0.4, -0.2) is 18.4 Å². The second-order valence-corrected chi connectivity index (χ2v) is 7.17. The minimum absolute atomic E-state index is 0.0869. The molecule has 0 unspecified atom stereocenters. The van der Waals surface area contributed by atoms with Crippen LogP contribution in [0.1, 0.15) is 32.3 Å². The molecule has 5 heteroatoms. The first-order valence-corrected chi connectivity index (χ1v) is 8.74. The summed E-state index contributed by atoms with van der Waals surface area (Å²) in [6.07, 6.45) is 1.40. The van der Waals surface area contributed by atoms with E-state index in [4.69, 9.17) is 11.6 Å². The average Bonchev–Trinajstić information content (AvgIpc) is 3.01. The van der Waals surface area contributed by atoms with E-state index >= 15 is 0 Å². The summed E-state index contributed by atoms with van der Waals surface area (Å²) in [5, 5.41) is 3.39. The molecule has 0 atom stereocenters. The first kappa shape index (κ1) is 17.5. The summed E-state index contributed by atoms with van der Waals surface area (Å²) in [4.78, 5) is 26.3. The number of carbonyl (C=O) groups excluding carboxylic acids is 2. The molecule has 25 heavy (non-hydrogen) atoms. The first-order valence-electron chi connectivity index (χ1n) is 8.36. The molecule has 4 nitrogen and oxygen atoms in total. The molecule has 1 saturated heterocycles. The number of benzene rings is 2. The smallest absolute Gasteiger partial charge is 0.234 e. The zero-order chi connectivity index (χ0) is 18.0. The van der Waals surface area contributed by atoms with Crippen LogP contribution in [0.4, 0.5) is 11.4 Å². The van der Waals surface area contributed by atoms with Gasteiger partial charge in [-0.15, -0.1) is 0 Å². The van der Waals surface area contributed by atoms with E-state index in [1.165, 1.54) is 0 Å². The molecule has 1 fully saturated rings. The van der Waals surface area contributed by atoms with Crippen LogP contribution in [0.25, 0.3) is 0 Å². The van der Waals surface area contributed by atoms with Gasteiger partial charge in [0.05, 0.1) is 16.1 Å². The van der Waals surface area contributed by atoms with Crippen molar-refractivity contribution < 1.29 is 9.59 Å². The minimum Gasteiger partial charge on any atom is -0.325 e. The lowest BCUT2D eigenvalue weighted by Gasteiger charge is -2.24. The fraction of sp³-hybridized carbons (Fsp3) is 0.300. The number of hydrogen-bond acceptors (Lipinski definition) is 2. The van der Waals surface area contributed by atoms with E-state index in [1.807, 2.05) is 44.2 Å². The molecule has 3 rings (SSSR count). The van der Waals surface area contributed by atoms with Crippen LogP contribution in [0.2, 0.25) is 5.02 Å². The lowest BCUT2D eigenvalue weighted by molar-refractivity contribution is -0.120. The van der Waals surface area contributed by atoms with Gasteiger partial charge in [0.1, 0.15) is 0 Å². The van der Waals surface area contributed by atoms with E-state index < -0.39 is 5.41 Å². The van der Waals surface area contributed by atoms with Gasteiger partial charge in [-0.1, -0.05) is 41.9 Å². The van der Waals surface area contributed by atoms with Gasteiger partial charge in [-0.3, -0.25) is 9.59 Å². The van der Waals surface area contributed by atoms with Gasteiger partial charge < -0.3 is 10.2 Å². The molecule has 1 aliphatic heterocycles. The summed E-state index contributed by atoms with van der Waals surface area (Å²) in [5.41, 5.74) is 1.59. The van der Waals surface area contributed by atoms with Gasteiger partial charge in [-0.25, -0.2) is 0 Å². The predicted octanol–water partition coefficient (Wildman–Crippen LogP) is 4.38. The Kier molecular flexibility index (Phi) is 4.82. The van der Waals surface area contributed by atoms with Crippen LogP contribution in [0.3, 0.4) is 0 Å². The maximum atomic E-state index is 12.7. The Hall–Kier alpha value is -2.33. The molecule has 0 aromatic heterocycles. The zero-order valence-electron chi connectivity index (χ0n) is 14.4. The molecular weight excluding hydrogens is 336 g/mol. The molecular formula is C20H21ClN2O2. The van der Waals surface area contributed by atoms with Crippen LogP contribution < -0.4 is 10.2 Å². The van der Waals surface area contributed by atoms with Gasteiger partial charge in [-0.2, -0.15) is 0 Å². The van der Waals surface area contributed by atoms with E-state index in [0.29, 0.717) is 29.4 Å². The number of anilines is 2. The maximum Gasteiger partial charge on any atom is 0.234 e. The van der Waals surface area contributed by atoms with Crippen molar-refractivity contribution in [1.82, 2.24) is 0 Å². The van der Waals surface area contributed by atoms with Gasteiger partial charge in [0.2, 0.25) is 11.8 Å². The normalized spacial score (nSPS) is 14.7. The summed E-state index contributed by atoms with van der Waals surface area (Å²) in [6.45, 7) is 4.46. The van der Waals surface area contributed by atoms with Gasteiger partial charge in [0.25, 0.3) is 0 Å². The minimum atomic E-state index is -0.669. The number of amides is 2. The van der Waals surface area contributed by atoms with E-state index in [-0.39, 0.29) is 11.8 Å². The van der Waals surface area contributed by atoms with Gasteiger partial charge in [-0.05, 0) is 44.0 Å². The summed E-state index contributed by atoms with van der Waals surface area (Å²) < 4.78 is 0. The number of rotatable bonds is 4. The van der Waals surface area contributed by atoms with Gasteiger partial charge >= 0.3 is 0 Å². The maximum absolute atomic E-state index is 12.7. The van der Waals surface area contributed by atoms with Crippen molar-refractivity contribution >= 4 is 34.8 Å². The molecule has 0 aliphatic carbocycles. The lowest BCUT2D eigenvalue weighted by atomic mass is 9.83. The summed E-state index contributed by atoms with van der Waals surface area (Å²) in [5.74, 6) is -0.0244. The Morgan fingerprint density at radius 2 is 1.88 bits per heavy atom. The van der Waals surface area contributed by atoms with Gasteiger partial charge in [0, 0.05) is 18.7 Å². The molecule has 1 heterocycles. The molecule has 2 aromatic rings. The Bertz CT molecular complexity index is 803. The number of carbonyl (C=O) groups is 2. The third-order valence-corrected chi connectivity index (χ3v) is 4.94. The van der Waals surface area contributed by atoms with Crippen molar-refractivity contribution in [3.05, 3.63) is 59.1 Å². The molecule has 0 saturated carbocycles. The Balaban J connectivity index is 1.78. The second kappa shape index (κ2) is 6.89. The molecule has 130 valence electrons. The summed E-state index contributed by atoms with van der Waals surface area (Å²) >= 11 is 6.34. The third kappa shape index (κ3) is 3.54. The molecule has 2 amide bonds. The molecule has 0 radical (unpaired) electrons. The quantitative estimate of drug-likeness (QED) is 0.883. The topological polar surface area (TPSA) is 49.4 Å². The van der Waals surface area contributed by atoms with Crippen LogP contribution in [0.15, 0.2) is 48.5 Å². The number of nitrogens with zero attached hydrogens (tertiary/aromatic N) is 1. The highest BCUT2D eigenvalue weighted by molar-refractivity contribution is 6.34. The first-order chi connectivity index (χ1) is 11.9. The largest absolute Gasteiger partial charge is 0.325 e. The van der Waals surface area contributed by atoms with Crippen molar-refractivity contribution in [3.8, 4) is 0 Å². The van der Waals surface area contributed by atoms with Gasteiger partial charge in [0.15, 0.2) is 0 Å².